The van der Waals surface area contributed by atoms with Gasteiger partial charge in [-0.05, 0) is 28.7 Å². The van der Waals surface area contributed by atoms with Gasteiger partial charge in [0.15, 0.2) is 6.29 Å². The molecule has 0 atom stereocenters. The van der Waals surface area contributed by atoms with Crippen molar-refractivity contribution in [2.45, 2.75) is 0 Å². The van der Waals surface area contributed by atoms with Crippen LogP contribution in [0.5, 0.6) is 5.75 Å². The van der Waals surface area contributed by atoms with Gasteiger partial charge in [0, 0.05) is 5.56 Å². The molecular weight excluding hydrogens is 243 g/mol. The Labute approximate surface area is 72.0 Å². The Bertz CT molecular complexity index is 258. The van der Waals surface area contributed by atoms with Crippen molar-refractivity contribution in [3.8, 4) is 5.75 Å². The fourth-order valence-corrected chi connectivity index (χ4v) is 1.11. The van der Waals surface area contributed by atoms with Crippen molar-refractivity contribution >= 4 is 28.9 Å². The molecule has 0 spiro atoms. The fourth-order valence-electron chi connectivity index (χ4n) is 0.628. The lowest BCUT2D eigenvalue weighted by molar-refractivity contribution is 0.112. The Hall–Kier alpha value is -0.580. The molecule has 0 aliphatic rings. The number of benzene rings is 1. The van der Waals surface area contributed by atoms with Crippen molar-refractivity contribution in [1.82, 2.24) is 0 Å². The first kappa shape index (κ1) is 7.53. The topological polar surface area (TPSA) is 37.3 Å². The number of hydrogen-bond donors (Lipinski definition) is 1. The highest BCUT2D eigenvalue weighted by atomic mass is 127. The van der Waals surface area contributed by atoms with Crippen molar-refractivity contribution in [1.29, 1.82) is 0 Å². The largest absolute Gasteiger partial charge is 0.507 e. The molecule has 0 unspecified atom stereocenters. The monoisotopic (exact) mass is 248 g/mol. The molecule has 0 aliphatic heterocycles. The number of phenolic OH excluding ortho intramolecular Hbond substituents is 1. The molecule has 0 radical (unpaired) electrons. The fraction of sp³-hybridized carbons (Fsp3) is 0. The Kier molecular flexibility index (Phi) is 2.26. The number of carbonyl (C=O) groups is 1. The molecule has 3 heteroatoms. The molecule has 0 aliphatic carbocycles. The van der Waals surface area contributed by atoms with Crippen LogP contribution in [-0.4, -0.2) is 11.4 Å². The molecule has 2 nitrogen and oxygen atoms in total. The minimum atomic E-state index is 0.158. The predicted octanol–water partition coefficient (Wildman–Crippen LogP) is 1.81. The SMILES string of the molecule is O=Cc1cccc(O)c1I. The van der Waals surface area contributed by atoms with Gasteiger partial charge >= 0.3 is 0 Å². The van der Waals surface area contributed by atoms with Gasteiger partial charge in [0.1, 0.15) is 5.75 Å². The van der Waals surface area contributed by atoms with E-state index in [-0.39, 0.29) is 5.75 Å². The third-order valence-corrected chi connectivity index (χ3v) is 2.31. The highest BCUT2D eigenvalue weighted by Gasteiger charge is 2.00. The van der Waals surface area contributed by atoms with E-state index in [1.807, 2.05) is 22.6 Å². The molecule has 1 aromatic carbocycles. The van der Waals surface area contributed by atoms with Gasteiger partial charge in [0.05, 0.1) is 3.57 Å². The molecular formula is C7H5IO2. The highest BCUT2D eigenvalue weighted by Crippen LogP contribution is 2.21. The molecule has 0 saturated carbocycles. The van der Waals surface area contributed by atoms with E-state index in [1.165, 1.54) is 0 Å². The van der Waals surface area contributed by atoms with E-state index in [9.17, 15) is 4.79 Å². The number of aldehydes is 1. The van der Waals surface area contributed by atoms with Crippen molar-refractivity contribution in [3.05, 3.63) is 27.3 Å². The van der Waals surface area contributed by atoms with Crippen LogP contribution in [0.3, 0.4) is 0 Å². The molecule has 1 N–H and O–H groups in total. The summed E-state index contributed by atoms with van der Waals surface area (Å²) < 4.78 is 0.607. The smallest absolute Gasteiger partial charge is 0.151 e. The minimum absolute atomic E-state index is 0.158. The van der Waals surface area contributed by atoms with Crippen molar-refractivity contribution in [2.75, 3.05) is 0 Å². The van der Waals surface area contributed by atoms with E-state index >= 15 is 0 Å². The lowest BCUT2D eigenvalue weighted by atomic mass is 10.2. The average molecular weight is 248 g/mol. The molecule has 0 amide bonds. The second-order valence-corrected chi connectivity index (χ2v) is 2.88. The summed E-state index contributed by atoms with van der Waals surface area (Å²) in [6.45, 7) is 0. The standard InChI is InChI=1S/C7H5IO2/c8-7-5(4-9)2-1-3-6(7)10/h1-4,10H. The summed E-state index contributed by atoms with van der Waals surface area (Å²) in [6.07, 6.45) is 0.724. The Morgan fingerprint density at radius 3 is 2.70 bits per heavy atom. The zero-order valence-corrected chi connectivity index (χ0v) is 7.20. The van der Waals surface area contributed by atoms with Gasteiger partial charge in [0.25, 0.3) is 0 Å². The molecule has 0 saturated heterocycles. The van der Waals surface area contributed by atoms with Gasteiger partial charge in [-0.1, -0.05) is 12.1 Å². The Morgan fingerprint density at radius 2 is 2.20 bits per heavy atom. The number of carbonyl (C=O) groups excluding carboxylic acids is 1. The quantitative estimate of drug-likeness (QED) is 0.607. The van der Waals surface area contributed by atoms with E-state index in [1.54, 1.807) is 18.2 Å². The third-order valence-electron chi connectivity index (χ3n) is 1.14. The van der Waals surface area contributed by atoms with Crippen molar-refractivity contribution in [2.24, 2.45) is 0 Å². The molecule has 52 valence electrons. The lowest BCUT2D eigenvalue weighted by Crippen LogP contribution is -1.84. The Balaban J connectivity index is 3.27. The van der Waals surface area contributed by atoms with Crippen LogP contribution in [0, 0.1) is 3.57 Å². The van der Waals surface area contributed by atoms with Crippen molar-refractivity contribution in [3.63, 3.8) is 0 Å². The maximum Gasteiger partial charge on any atom is 0.151 e. The van der Waals surface area contributed by atoms with E-state index in [0.29, 0.717) is 9.13 Å². The molecule has 0 aromatic heterocycles. The van der Waals surface area contributed by atoms with Crippen LogP contribution in [0.25, 0.3) is 0 Å². The highest BCUT2D eigenvalue weighted by molar-refractivity contribution is 14.1. The van der Waals surface area contributed by atoms with Crippen LogP contribution in [0.2, 0.25) is 0 Å². The molecule has 1 rings (SSSR count). The van der Waals surface area contributed by atoms with Gasteiger partial charge in [-0.25, -0.2) is 0 Å². The van der Waals surface area contributed by atoms with Crippen LogP contribution >= 0.6 is 22.6 Å². The normalized spacial score (nSPS) is 9.30. The number of rotatable bonds is 1. The molecule has 10 heavy (non-hydrogen) atoms. The summed E-state index contributed by atoms with van der Waals surface area (Å²) in [5.74, 6) is 0.158. The number of halogens is 1. The maximum atomic E-state index is 10.3. The summed E-state index contributed by atoms with van der Waals surface area (Å²) in [5.41, 5.74) is 0.528. The molecule has 0 heterocycles. The van der Waals surface area contributed by atoms with E-state index in [4.69, 9.17) is 5.11 Å². The number of aromatic hydroxyl groups is 1. The van der Waals surface area contributed by atoms with E-state index in [2.05, 4.69) is 0 Å². The summed E-state index contributed by atoms with van der Waals surface area (Å²) >= 11 is 1.92. The summed E-state index contributed by atoms with van der Waals surface area (Å²) in [7, 11) is 0. The summed E-state index contributed by atoms with van der Waals surface area (Å²) in [4.78, 5) is 10.3. The lowest BCUT2D eigenvalue weighted by Gasteiger charge is -1.96. The zero-order valence-electron chi connectivity index (χ0n) is 5.04. The first-order chi connectivity index (χ1) is 4.75. The van der Waals surface area contributed by atoms with Crippen molar-refractivity contribution < 1.29 is 9.90 Å². The van der Waals surface area contributed by atoms with Crippen LogP contribution < -0.4 is 0 Å². The van der Waals surface area contributed by atoms with Crippen LogP contribution in [0.1, 0.15) is 10.4 Å². The second kappa shape index (κ2) is 3.01. The predicted molar refractivity (Wildman–Crippen MR) is 46.2 cm³/mol. The molecule has 1 aromatic rings. The van der Waals surface area contributed by atoms with Gasteiger partial charge in [-0.3, -0.25) is 4.79 Å². The number of hydrogen-bond acceptors (Lipinski definition) is 2. The van der Waals surface area contributed by atoms with Crippen LogP contribution in [0.15, 0.2) is 18.2 Å². The Morgan fingerprint density at radius 1 is 1.50 bits per heavy atom. The summed E-state index contributed by atoms with van der Waals surface area (Å²) in [5, 5.41) is 9.06. The first-order valence-corrected chi connectivity index (χ1v) is 3.76. The minimum Gasteiger partial charge on any atom is -0.507 e. The average Bonchev–Trinajstić information content (AvgIpc) is 1.95. The molecule has 0 fully saturated rings. The van der Waals surface area contributed by atoms with Gasteiger partial charge in [0.2, 0.25) is 0 Å². The maximum absolute atomic E-state index is 10.3. The zero-order chi connectivity index (χ0) is 7.56. The van der Waals surface area contributed by atoms with Gasteiger partial charge < -0.3 is 5.11 Å². The first-order valence-electron chi connectivity index (χ1n) is 2.68. The third kappa shape index (κ3) is 1.29. The summed E-state index contributed by atoms with van der Waals surface area (Å²) in [6, 6.07) is 4.85. The molecule has 0 bridgehead atoms. The van der Waals surface area contributed by atoms with E-state index < -0.39 is 0 Å². The van der Waals surface area contributed by atoms with Crippen LogP contribution in [-0.2, 0) is 0 Å². The van der Waals surface area contributed by atoms with Gasteiger partial charge in [-0.15, -0.1) is 0 Å². The van der Waals surface area contributed by atoms with Gasteiger partial charge in [-0.2, -0.15) is 0 Å². The second-order valence-electron chi connectivity index (χ2n) is 1.80. The van der Waals surface area contributed by atoms with Crippen LogP contribution in [0.4, 0.5) is 0 Å². The number of phenols is 1. The van der Waals surface area contributed by atoms with E-state index in [0.717, 1.165) is 6.29 Å².